The first kappa shape index (κ1) is 19.5. The third-order valence-corrected chi connectivity index (χ3v) is 4.24. The van der Waals surface area contributed by atoms with Crippen LogP contribution in [0.3, 0.4) is 0 Å². The fraction of sp³-hybridized carbons (Fsp3) is 0.350. The van der Waals surface area contributed by atoms with Crippen molar-refractivity contribution in [1.29, 1.82) is 0 Å². The van der Waals surface area contributed by atoms with Crippen LogP contribution in [0.2, 0.25) is 0 Å². The maximum Gasteiger partial charge on any atom is 0.220 e. The number of halogens is 1. The van der Waals surface area contributed by atoms with E-state index < -0.39 is 0 Å². The van der Waals surface area contributed by atoms with E-state index >= 15 is 0 Å². The van der Waals surface area contributed by atoms with Crippen LogP contribution in [0.15, 0.2) is 53.0 Å². The molecule has 4 nitrogen and oxygen atoms in total. The Bertz CT molecular complexity index is 689. The van der Waals surface area contributed by atoms with Crippen LogP contribution in [0.5, 0.6) is 5.75 Å². The first-order valence-corrected chi connectivity index (χ1v) is 9.35. The molecule has 0 aromatic heterocycles. The molecule has 134 valence electrons. The highest BCUT2D eigenvalue weighted by Crippen LogP contribution is 2.17. The van der Waals surface area contributed by atoms with Crippen LogP contribution < -0.4 is 15.0 Å². The largest absolute Gasteiger partial charge is 0.494 e. The van der Waals surface area contributed by atoms with Crippen molar-refractivity contribution in [3.8, 4) is 5.75 Å². The van der Waals surface area contributed by atoms with Gasteiger partial charge in [0.15, 0.2) is 0 Å². The van der Waals surface area contributed by atoms with Crippen LogP contribution in [-0.2, 0) is 17.9 Å². The number of ether oxygens (including phenoxy) is 1. The average Bonchev–Trinajstić information content (AvgIpc) is 2.57. The highest BCUT2D eigenvalue weighted by molar-refractivity contribution is 9.10. The molecule has 0 aliphatic heterocycles. The maximum atomic E-state index is 12.0. The molecule has 5 heteroatoms. The number of carbonyl (C=O) groups excluding carboxylic acids is 1. The first-order valence-electron chi connectivity index (χ1n) is 8.55. The van der Waals surface area contributed by atoms with Gasteiger partial charge >= 0.3 is 0 Å². The molecule has 0 atom stereocenters. The monoisotopic (exact) mass is 405 g/mol. The summed E-state index contributed by atoms with van der Waals surface area (Å²) < 4.78 is 6.64. The Morgan fingerprint density at radius 3 is 2.60 bits per heavy atom. The second-order valence-corrected chi connectivity index (χ2v) is 7.25. The smallest absolute Gasteiger partial charge is 0.220 e. The van der Waals surface area contributed by atoms with Gasteiger partial charge in [-0.1, -0.05) is 46.3 Å². The van der Waals surface area contributed by atoms with Crippen molar-refractivity contribution in [2.75, 3.05) is 20.7 Å². The van der Waals surface area contributed by atoms with Crippen LogP contribution >= 0.6 is 15.9 Å². The molecule has 0 unspecified atom stereocenters. The predicted molar refractivity (Wildman–Crippen MR) is 104 cm³/mol. The average molecular weight is 406 g/mol. The highest BCUT2D eigenvalue weighted by atomic mass is 79.9. The van der Waals surface area contributed by atoms with Gasteiger partial charge in [-0.05, 0) is 30.2 Å². The Morgan fingerprint density at radius 1 is 1.12 bits per heavy atom. The molecule has 2 aromatic carbocycles. The van der Waals surface area contributed by atoms with Crippen molar-refractivity contribution in [3.05, 3.63) is 64.1 Å². The fourth-order valence-corrected chi connectivity index (χ4v) is 2.92. The number of benzene rings is 2. The lowest BCUT2D eigenvalue weighted by molar-refractivity contribution is -0.872. The molecule has 2 rings (SSSR count). The van der Waals surface area contributed by atoms with E-state index in [2.05, 4.69) is 47.5 Å². The summed E-state index contributed by atoms with van der Waals surface area (Å²) >= 11 is 3.41. The Hall–Kier alpha value is -1.85. The molecule has 0 saturated carbocycles. The number of hydrogen-bond acceptors (Lipinski definition) is 2. The molecule has 0 fully saturated rings. The minimum absolute atomic E-state index is 0.0600. The van der Waals surface area contributed by atoms with E-state index in [0.717, 1.165) is 16.8 Å². The van der Waals surface area contributed by atoms with E-state index in [4.69, 9.17) is 4.74 Å². The summed E-state index contributed by atoms with van der Waals surface area (Å²) in [5, 5.41) is 3.01. The molecule has 2 N–H and O–H groups in total. The number of carbonyl (C=O) groups is 1. The van der Waals surface area contributed by atoms with Crippen molar-refractivity contribution in [2.24, 2.45) is 0 Å². The van der Waals surface area contributed by atoms with E-state index in [1.165, 1.54) is 16.0 Å². The lowest BCUT2D eigenvalue weighted by atomic mass is 10.1. The van der Waals surface area contributed by atoms with Crippen LogP contribution in [0.25, 0.3) is 0 Å². The Morgan fingerprint density at radius 2 is 1.88 bits per heavy atom. The molecule has 0 saturated heterocycles. The first-order chi connectivity index (χ1) is 12.0. The quantitative estimate of drug-likeness (QED) is 0.629. The molecule has 0 heterocycles. The van der Waals surface area contributed by atoms with Crippen LogP contribution in [-0.4, -0.2) is 26.6 Å². The lowest BCUT2D eigenvalue weighted by Gasteiger charge is -2.13. The zero-order valence-corrected chi connectivity index (χ0v) is 16.4. The fourth-order valence-electron chi connectivity index (χ4n) is 2.55. The Kier molecular flexibility index (Phi) is 7.95. The molecule has 0 aliphatic carbocycles. The van der Waals surface area contributed by atoms with Crippen molar-refractivity contribution in [1.82, 2.24) is 5.32 Å². The van der Waals surface area contributed by atoms with Crippen molar-refractivity contribution >= 4 is 21.8 Å². The summed E-state index contributed by atoms with van der Waals surface area (Å²) in [5.41, 5.74) is 2.46. The number of quaternary nitrogens is 1. The molecule has 0 spiro atoms. The van der Waals surface area contributed by atoms with E-state index in [-0.39, 0.29) is 5.91 Å². The number of rotatable bonds is 9. The zero-order valence-electron chi connectivity index (χ0n) is 14.8. The summed E-state index contributed by atoms with van der Waals surface area (Å²) in [5.74, 6) is 0.875. The van der Waals surface area contributed by atoms with Gasteiger partial charge in [-0.15, -0.1) is 0 Å². The molecule has 1 amide bonds. The van der Waals surface area contributed by atoms with Gasteiger partial charge in [0.25, 0.3) is 0 Å². The van der Waals surface area contributed by atoms with Gasteiger partial charge in [-0.2, -0.15) is 0 Å². The standard InChI is InChI=1S/C20H25BrN2O2/c1-23(2)15-17-8-4-3-7-16(17)14-22-20(24)11-6-12-25-19-10-5-9-18(21)13-19/h3-5,7-10,13H,6,11-12,14-15H2,1-2H3,(H,22,24)/p+1. The summed E-state index contributed by atoms with van der Waals surface area (Å²) in [6, 6.07) is 16.0. The number of amides is 1. The van der Waals surface area contributed by atoms with Crippen LogP contribution in [0.4, 0.5) is 0 Å². The lowest BCUT2D eigenvalue weighted by Crippen LogP contribution is -3.04. The highest BCUT2D eigenvalue weighted by Gasteiger charge is 2.07. The molecule has 2 aromatic rings. The summed E-state index contributed by atoms with van der Waals surface area (Å²) in [7, 11) is 4.25. The number of nitrogens with one attached hydrogen (secondary N) is 2. The van der Waals surface area contributed by atoms with Crippen molar-refractivity contribution < 1.29 is 14.4 Å². The third-order valence-electron chi connectivity index (χ3n) is 3.75. The SMILES string of the molecule is C[NH+](C)Cc1ccccc1CNC(=O)CCCOc1cccc(Br)c1. The van der Waals surface area contributed by atoms with Crippen LogP contribution in [0, 0.1) is 0 Å². The summed E-state index contributed by atoms with van der Waals surface area (Å²) in [6.07, 6.45) is 1.16. The molecule has 0 bridgehead atoms. The third kappa shape index (κ3) is 7.28. The predicted octanol–water partition coefficient (Wildman–Crippen LogP) is 2.57. The maximum absolute atomic E-state index is 12.0. The Labute approximate surface area is 158 Å². The molecule has 0 radical (unpaired) electrons. The summed E-state index contributed by atoms with van der Waals surface area (Å²) in [6.45, 7) is 2.06. The Balaban J connectivity index is 1.71. The topological polar surface area (TPSA) is 42.8 Å². The van der Waals surface area contributed by atoms with E-state index in [9.17, 15) is 4.79 Å². The minimum atomic E-state index is 0.0600. The molecular weight excluding hydrogens is 380 g/mol. The summed E-state index contributed by atoms with van der Waals surface area (Å²) in [4.78, 5) is 13.4. The number of hydrogen-bond donors (Lipinski definition) is 2. The van der Waals surface area contributed by atoms with Crippen molar-refractivity contribution in [3.63, 3.8) is 0 Å². The van der Waals surface area contributed by atoms with Crippen LogP contribution in [0.1, 0.15) is 24.0 Å². The van der Waals surface area contributed by atoms with Crippen molar-refractivity contribution in [2.45, 2.75) is 25.9 Å². The second-order valence-electron chi connectivity index (χ2n) is 6.34. The second kappa shape index (κ2) is 10.2. The van der Waals surface area contributed by atoms with E-state index in [1.54, 1.807) is 0 Å². The van der Waals surface area contributed by atoms with Gasteiger partial charge in [0.1, 0.15) is 12.3 Å². The van der Waals surface area contributed by atoms with Gasteiger partial charge < -0.3 is 15.0 Å². The normalized spacial score (nSPS) is 10.7. The molecule has 25 heavy (non-hydrogen) atoms. The van der Waals surface area contributed by atoms with Gasteiger partial charge in [0.05, 0.1) is 20.7 Å². The van der Waals surface area contributed by atoms with Gasteiger partial charge in [0.2, 0.25) is 5.91 Å². The molecular formula is C20H26BrN2O2+. The van der Waals surface area contributed by atoms with E-state index in [1.807, 2.05) is 36.4 Å². The zero-order chi connectivity index (χ0) is 18.1. The molecule has 0 aliphatic rings. The van der Waals surface area contributed by atoms with E-state index in [0.29, 0.717) is 26.0 Å². The van der Waals surface area contributed by atoms with Gasteiger partial charge in [0, 0.05) is 23.0 Å². The van der Waals surface area contributed by atoms with Gasteiger partial charge in [-0.25, -0.2) is 0 Å². The van der Waals surface area contributed by atoms with Gasteiger partial charge in [-0.3, -0.25) is 4.79 Å². The minimum Gasteiger partial charge on any atom is -0.494 e.